The van der Waals surface area contributed by atoms with Crippen molar-refractivity contribution in [3.8, 4) is 5.75 Å². The van der Waals surface area contributed by atoms with Crippen molar-refractivity contribution in [3.63, 3.8) is 0 Å². The molecule has 2 fully saturated rings. The number of hydrogen-bond acceptors (Lipinski definition) is 5. The number of halogens is 3. The van der Waals surface area contributed by atoms with Crippen LogP contribution in [0.5, 0.6) is 5.75 Å². The summed E-state index contributed by atoms with van der Waals surface area (Å²) in [7, 11) is 0. The van der Waals surface area contributed by atoms with Gasteiger partial charge >= 0.3 is 0 Å². The third kappa shape index (κ3) is 2.84. The lowest BCUT2D eigenvalue weighted by atomic mass is 10.1. The molecular formula is C21H18F3N3O5. The summed E-state index contributed by atoms with van der Waals surface area (Å²) in [6.45, 7) is 1.42. The fraction of sp³-hybridized carbons (Fsp3) is 0.381. The number of nitrogens with one attached hydrogen (secondary N) is 1. The van der Waals surface area contributed by atoms with Gasteiger partial charge in [-0.1, -0.05) is 0 Å². The van der Waals surface area contributed by atoms with Crippen LogP contribution in [0.4, 0.5) is 13.2 Å². The Morgan fingerprint density at radius 2 is 1.94 bits per heavy atom. The van der Waals surface area contributed by atoms with E-state index in [1.807, 2.05) is 6.92 Å². The van der Waals surface area contributed by atoms with Gasteiger partial charge in [0.1, 0.15) is 29.1 Å². The van der Waals surface area contributed by atoms with Crippen LogP contribution in [0.2, 0.25) is 0 Å². The van der Waals surface area contributed by atoms with Crippen molar-refractivity contribution in [2.24, 2.45) is 0 Å². The Labute approximate surface area is 179 Å². The SMILES string of the molecule is CC1CCC2OC23CN1C(=O)c1c(O)c(=O)c(C(=O)NCc2c(F)cc(F)cc2F)cn13. The third-order valence-electron chi connectivity index (χ3n) is 6.40. The number of carbonyl (C=O) groups excluding carboxylic acids is 2. The van der Waals surface area contributed by atoms with E-state index in [0.717, 1.165) is 6.20 Å². The third-order valence-corrected chi connectivity index (χ3v) is 6.40. The van der Waals surface area contributed by atoms with Gasteiger partial charge in [0.2, 0.25) is 5.43 Å². The van der Waals surface area contributed by atoms with Crippen LogP contribution in [0.3, 0.4) is 0 Å². The van der Waals surface area contributed by atoms with E-state index in [9.17, 15) is 32.7 Å². The molecule has 2 amide bonds. The van der Waals surface area contributed by atoms with E-state index < -0.39 is 63.8 Å². The van der Waals surface area contributed by atoms with Gasteiger partial charge in [-0.15, -0.1) is 0 Å². The van der Waals surface area contributed by atoms with E-state index in [-0.39, 0.29) is 24.4 Å². The van der Waals surface area contributed by atoms with E-state index in [4.69, 9.17) is 4.74 Å². The first kappa shape index (κ1) is 20.6. The highest BCUT2D eigenvalue weighted by Crippen LogP contribution is 2.51. The fourth-order valence-electron chi connectivity index (χ4n) is 4.55. The molecule has 32 heavy (non-hydrogen) atoms. The lowest BCUT2D eigenvalue weighted by Gasteiger charge is -2.37. The van der Waals surface area contributed by atoms with E-state index in [0.29, 0.717) is 25.0 Å². The number of rotatable bonds is 3. The molecule has 0 radical (unpaired) electrons. The predicted molar refractivity (Wildman–Crippen MR) is 102 cm³/mol. The van der Waals surface area contributed by atoms with Crippen LogP contribution in [-0.4, -0.2) is 45.1 Å². The van der Waals surface area contributed by atoms with E-state index in [1.54, 1.807) is 4.90 Å². The van der Waals surface area contributed by atoms with Crippen molar-refractivity contribution in [3.05, 3.63) is 62.8 Å². The lowest BCUT2D eigenvalue weighted by Crippen LogP contribution is -2.52. The van der Waals surface area contributed by atoms with Crippen LogP contribution in [0, 0.1) is 17.5 Å². The summed E-state index contributed by atoms with van der Waals surface area (Å²) in [4.78, 5) is 39.9. The van der Waals surface area contributed by atoms with Crippen LogP contribution in [0.25, 0.3) is 0 Å². The number of amides is 2. The molecule has 0 aliphatic carbocycles. The summed E-state index contributed by atoms with van der Waals surface area (Å²) in [5.74, 6) is -5.96. The van der Waals surface area contributed by atoms with Gasteiger partial charge in [0.15, 0.2) is 17.2 Å². The number of nitrogens with zero attached hydrogens (tertiary/aromatic N) is 2. The van der Waals surface area contributed by atoms with Crippen molar-refractivity contribution < 1.29 is 32.6 Å². The van der Waals surface area contributed by atoms with Crippen molar-refractivity contribution >= 4 is 11.8 Å². The maximum absolute atomic E-state index is 13.8. The Hall–Kier alpha value is -3.34. The maximum atomic E-state index is 13.8. The van der Waals surface area contributed by atoms with Crippen molar-refractivity contribution in [1.82, 2.24) is 14.8 Å². The number of aromatic nitrogens is 1. The number of benzene rings is 1. The highest BCUT2D eigenvalue weighted by Gasteiger charge is 2.64. The Morgan fingerprint density at radius 3 is 2.62 bits per heavy atom. The average Bonchev–Trinajstić information content (AvgIpc) is 3.44. The van der Waals surface area contributed by atoms with E-state index in [1.165, 1.54) is 4.57 Å². The first-order chi connectivity index (χ1) is 15.1. The number of pyridine rings is 1. The minimum Gasteiger partial charge on any atom is -0.503 e. The van der Waals surface area contributed by atoms with Gasteiger partial charge in [0.25, 0.3) is 11.8 Å². The lowest BCUT2D eigenvalue weighted by molar-refractivity contribution is 0.0412. The van der Waals surface area contributed by atoms with Crippen LogP contribution in [0.15, 0.2) is 23.1 Å². The molecule has 1 spiro atoms. The second-order valence-electron chi connectivity index (χ2n) is 8.28. The average molecular weight is 449 g/mol. The smallest absolute Gasteiger partial charge is 0.275 e. The van der Waals surface area contributed by atoms with Gasteiger partial charge in [0, 0.05) is 36.5 Å². The summed E-state index contributed by atoms with van der Waals surface area (Å²) >= 11 is 0. The van der Waals surface area contributed by atoms with Gasteiger partial charge in [-0.3, -0.25) is 14.4 Å². The number of ether oxygens (including phenoxy) is 1. The van der Waals surface area contributed by atoms with E-state index >= 15 is 0 Å². The molecule has 3 atom stereocenters. The molecule has 5 rings (SSSR count). The Balaban J connectivity index is 1.51. The second kappa shape index (κ2) is 6.83. The van der Waals surface area contributed by atoms with Crippen LogP contribution in [-0.2, 0) is 17.0 Å². The Morgan fingerprint density at radius 1 is 1.25 bits per heavy atom. The summed E-state index contributed by atoms with van der Waals surface area (Å²) in [6.07, 6.45) is 2.22. The number of epoxide rings is 1. The molecule has 2 N–H and O–H groups in total. The molecule has 0 saturated carbocycles. The Kier molecular flexibility index (Phi) is 4.39. The highest BCUT2D eigenvalue weighted by molar-refractivity contribution is 5.99. The summed E-state index contributed by atoms with van der Waals surface area (Å²) < 4.78 is 47.9. The molecule has 2 saturated heterocycles. The number of hydrogen-bond donors (Lipinski definition) is 2. The zero-order valence-electron chi connectivity index (χ0n) is 16.8. The standard InChI is InChI=1S/C21H18F3N3O5/c1-9-2-3-15-21(32-15)8-26(9)20(31)16-18(29)17(28)12(7-27(16)21)19(30)25-6-11-13(23)4-10(22)5-14(11)24/h4-5,7,9,15,29H,2-3,6,8H2,1H3,(H,25,30). The molecule has 2 aromatic rings. The largest absolute Gasteiger partial charge is 0.503 e. The zero-order chi connectivity index (χ0) is 22.9. The van der Waals surface area contributed by atoms with Gasteiger partial charge in [0.05, 0.1) is 6.54 Å². The molecule has 3 aliphatic rings. The number of fused-ring (bicyclic) bond motifs is 2. The summed E-state index contributed by atoms with van der Waals surface area (Å²) in [5.41, 5.74) is -3.44. The monoisotopic (exact) mass is 449 g/mol. The molecule has 1 aromatic heterocycles. The fourth-order valence-corrected chi connectivity index (χ4v) is 4.55. The molecule has 3 aliphatic heterocycles. The predicted octanol–water partition coefficient (Wildman–Crippen LogP) is 1.59. The van der Waals surface area contributed by atoms with Crippen LogP contribution >= 0.6 is 0 Å². The summed E-state index contributed by atoms with van der Waals surface area (Å²) in [6, 6.07) is 0.832. The minimum absolute atomic E-state index is 0.109. The van der Waals surface area contributed by atoms with Crippen molar-refractivity contribution in [1.29, 1.82) is 0 Å². The first-order valence-corrected chi connectivity index (χ1v) is 10.0. The van der Waals surface area contributed by atoms with Gasteiger partial charge in [-0.25, -0.2) is 13.2 Å². The second-order valence-corrected chi connectivity index (χ2v) is 8.28. The molecule has 4 heterocycles. The first-order valence-electron chi connectivity index (χ1n) is 10.0. The molecule has 168 valence electrons. The van der Waals surface area contributed by atoms with E-state index in [2.05, 4.69) is 5.32 Å². The van der Waals surface area contributed by atoms with Gasteiger partial charge in [-0.2, -0.15) is 0 Å². The minimum atomic E-state index is -1.20. The Bertz CT molecular complexity index is 1220. The topological polar surface area (TPSA) is 104 Å². The van der Waals surface area contributed by atoms with Gasteiger partial charge < -0.3 is 24.6 Å². The molecule has 2 bridgehead atoms. The normalized spacial score (nSPS) is 25.6. The van der Waals surface area contributed by atoms with Crippen LogP contribution in [0.1, 0.15) is 46.2 Å². The maximum Gasteiger partial charge on any atom is 0.275 e. The number of carbonyl (C=O) groups is 2. The quantitative estimate of drug-likeness (QED) is 0.693. The molecule has 11 heteroatoms. The highest BCUT2D eigenvalue weighted by atomic mass is 19.1. The molecule has 8 nitrogen and oxygen atoms in total. The van der Waals surface area contributed by atoms with Crippen molar-refractivity contribution in [2.75, 3.05) is 6.54 Å². The molecule has 1 aromatic carbocycles. The molecular weight excluding hydrogens is 431 g/mol. The van der Waals surface area contributed by atoms with Crippen molar-refractivity contribution in [2.45, 2.75) is 44.2 Å². The number of aromatic hydroxyl groups is 1. The molecule has 3 unspecified atom stereocenters. The van der Waals surface area contributed by atoms with Crippen LogP contribution < -0.4 is 10.7 Å². The van der Waals surface area contributed by atoms with Gasteiger partial charge in [-0.05, 0) is 19.8 Å². The summed E-state index contributed by atoms with van der Waals surface area (Å²) in [5, 5.41) is 12.7. The zero-order valence-corrected chi connectivity index (χ0v) is 16.8.